The lowest BCUT2D eigenvalue weighted by molar-refractivity contribution is 0.170. The van der Waals surface area contributed by atoms with E-state index in [1.807, 2.05) is 12.1 Å². The fourth-order valence-electron chi connectivity index (χ4n) is 3.70. The van der Waals surface area contributed by atoms with E-state index in [2.05, 4.69) is 23.5 Å². The number of nitrogens with zero attached hydrogens (tertiary/aromatic N) is 1. The van der Waals surface area contributed by atoms with Crippen LogP contribution in [0.2, 0.25) is 0 Å². The van der Waals surface area contributed by atoms with E-state index in [9.17, 15) is 15.1 Å². The second-order valence-electron chi connectivity index (χ2n) is 6.48. The fraction of sp³-hybridized carbons (Fsp3) is 0.250. The lowest BCUT2D eigenvalue weighted by atomic mass is 10.0. The molecular weight excluding hydrogens is 316 g/mol. The lowest BCUT2D eigenvalue weighted by Crippen LogP contribution is -2.25. The molecule has 2 atom stereocenters. The van der Waals surface area contributed by atoms with Gasteiger partial charge >= 0.3 is 0 Å². The van der Waals surface area contributed by atoms with Gasteiger partial charge in [0.15, 0.2) is 0 Å². The highest BCUT2D eigenvalue weighted by molar-refractivity contribution is 5.82. The Balaban J connectivity index is 1.56. The van der Waals surface area contributed by atoms with Gasteiger partial charge in [0.2, 0.25) is 0 Å². The van der Waals surface area contributed by atoms with E-state index < -0.39 is 11.7 Å². The first-order chi connectivity index (χ1) is 12.1. The van der Waals surface area contributed by atoms with Crippen LogP contribution in [0.5, 0.6) is 0 Å². The van der Waals surface area contributed by atoms with Gasteiger partial charge in [-0.15, -0.1) is 4.73 Å². The summed E-state index contributed by atoms with van der Waals surface area (Å²) in [6.07, 6.45) is 1.35. The van der Waals surface area contributed by atoms with Crippen molar-refractivity contribution in [2.24, 2.45) is 0 Å². The van der Waals surface area contributed by atoms with Crippen molar-refractivity contribution in [2.75, 3.05) is 6.54 Å². The Labute approximate surface area is 145 Å². The molecule has 3 aromatic rings. The molecule has 0 amide bonds. The molecule has 1 aliphatic rings. The lowest BCUT2D eigenvalue weighted by Gasteiger charge is -2.19. The topological polar surface area (TPSA) is 74.5 Å². The summed E-state index contributed by atoms with van der Waals surface area (Å²) >= 11 is 0. The van der Waals surface area contributed by atoms with Gasteiger partial charge in [0, 0.05) is 24.0 Å². The predicted molar refractivity (Wildman–Crippen MR) is 95.9 cm³/mol. The van der Waals surface area contributed by atoms with E-state index in [4.69, 9.17) is 0 Å². The summed E-state index contributed by atoms with van der Waals surface area (Å²) in [5.41, 5.74) is 3.27. The van der Waals surface area contributed by atoms with E-state index in [1.165, 1.54) is 17.2 Å². The number of rotatable bonds is 4. The SMILES string of the molecule is O=c1ccc2c([C@@H](O)CN[C@@H]3CCc4ccccc43)cccc2n1O. The van der Waals surface area contributed by atoms with E-state index >= 15 is 0 Å². The minimum absolute atomic E-state index is 0.247. The molecule has 0 radical (unpaired) electrons. The first-order valence-electron chi connectivity index (χ1n) is 8.48. The maximum Gasteiger partial charge on any atom is 0.283 e. The van der Waals surface area contributed by atoms with Crippen LogP contribution in [0.3, 0.4) is 0 Å². The largest absolute Gasteiger partial charge is 0.425 e. The smallest absolute Gasteiger partial charge is 0.283 e. The van der Waals surface area contributed by atoms with Crippen molar-refractivity contribution in [3.63, 3.8) is 0 Å². The van der Waals surface area contributed by atoms with Crippen molar-refractivity contribution < 1.29 is 10.3 Å². The van der Waals surface area contributed by atoms with Gasteiger partial charge in [-0.05, 0) is 41.7 Å². The van der Waals surface area contributed by atoms with Crippen molar-refractivity contribution in [1.82, 2.24) is 10.0 Å². The molecule has 2 aromatic carbocycles. The summed E-state index contributed by atoms with van der Waals surface area (Å²) in [5, 5.41) is 24.7. The molecule has 0 saturated carbocycles. The Morgan fingerprint density at radius 2 is 1.96 bits per heavy atom. The molecule has 128 valence electrons. The van der Waals surface area contributed by atoms with Gasteiger partial charge in [0.05, 0.1) is 11.6 Å². The number of aliphatic hydroxyl groups excluding tert-OH is 1. The molecule has 25 heavy (non-hydrogen) atoms. The van der Waals surface area contributed by atoms with E-state index in [-0.39, 0.29) is 6.04 Å². The molecule has 1 aliphatic carbocycles. The second-order valence-corrected chi connectivity index (χ2v) is 6.48. The summed E-state index contributed by atoms with van der Waals surface area (Å²) < 4.78 is 0.617. The quantitative estimate of drug-likeness (QED) is 0.640. The number of aliphatic hydroxyl groups is 1. The Kier molecular flexibility index (Phi) is 4.03. The zero-order valence-corrected chi connectivity index (χ0v) is 13.7. The van der Waals surface area contributed by atoms with Gasteiger partial charge < -0.3 is 15.6 Å². The van der Waals surface area contributed by atoms with Crippen LogP contribution in [0.1, 0.15) is 35.3 Å². The van der Waals surface area contributed by atoms with Gasteiger partial charge in [0.25, 0.3) is 5.56 Å². The third-order valence-electron chi connectivity index (χ3n) is 5.00. The molecule has 5 nitrogen and oxygen atoms in total. The minimum atomic E-state index is -0.728. The predicted octanol–water partition coefficient (Wildman–Crippen LogP) is 2.55. The highest BCUT2D eigenvalue weighted by Crippen LogP contribution is 2.31. The van der Waals surface area contributed by atoms with Crippen LogP contribution in [0.4, 0.5) is 0 Å². The Morgan fingerprint density at radius 3 is 2.84 bits per heavy atom. The summed E-state index contributed by atoms with van der Waals surface area (Å²) in [4.78, 5) is 11.6. The Hall–Kier alpha value is -2.63. The first kappa shape index (κ1) is 15.9. The van der Waals surface area contributed by atoms with Crippen molar-refractivity contribution in [3.05, 3.63) is 81.6 Å². The molecule has 0 unspecified atom stereocenters. The molecule has 0 saturated heterocycles. The Bertz CT molecular complexity index is 980. The second kappa shape index (κ2) is 6.35. The van der Waals surface area contributed by atoms with Gasteiger partial charge in [0.1, 0.15) is 0 Å². The van der Waals surface area contributed by atoms with Crippen LogP contribution in [0, 0.1) is 0 Å². The third-order valence-corrected chi connectivity index (χ3v) is 5.00. The van der Waals surface area contributed by atoms with Crippen molar-refractivity contribution >= 4 is 10.9 Å². The van der Waals surface area contributed by atoms with Crippen LogP contribution in [-0.2, 0) is 6.42 Å². The molecule has 0 bridgehead atoms. The van der Waals surface area contributed by atoms with E-state index in [0.717, 1.165) is 12.8 Å². The van der Waals surface area contributed by atoms with Crippen molar-refractivity contribution in [2.45, 2.75) is 25.0 Å². The van der Waals surface area contributed by atoms with Crippen LogP contribution in [0.25, 0.3) is 10.9 Å². The molecule has 5 heteroatoms. The van der Waals surface area contributed by atoms with Crippen LogP contribution in [0.15, 0.2) is 59.4 Å². The Morgan fingerprint density at radius 1 is 1.12 bits per heavy atom. The summed E-state index contributed by atoms with van der Waals surface area (Å²) in [7, 11) is 0. The summed E-state index contributed by atoms with van der Waals surface area (Å²) in [6.45, 7) is 0.405. The van der Waals surface area contributed by atoms with Crippen LogP contribution < -0.4 is 10.9 Å². The van der Waals surface area contributed by atoms with Crippen molar-refractivity contribution in [3.8, 4) is 0 Å². The highest BCUT2D eigenvalue weighted by atomic mass is 16.5. The monoisotopic (exact) mass is 336 g/mol. The average molecular weight is 336 g/mol. The number of benzene rings is 2. The zero-order chi connectivity index (χ0) is 17.4. The van der Waals surface area contributed by atoms with Gasteiger partial charge in [-0.1, -0.05) is 36.4 Å². The number of aryl methyl sites for hydroxylation is 1. The molecule has 0 spiro atoms. The molecule has 0 aliphatic heterocycles. The summed E-state index contributed by atoms with van der Waals surface area (Å²) in [5.74, 6) is 0. The highest BCUT2D eigenvalue weighted by Gasteiger charge is 2.22. The number of pyridine rings is 1. The van der Waals surface area contributed by atoms with Crippen molar-refractivity contribution in [1.29, 1.82) is 0 Å². The first-order valence-corrected chi connectivity index (χ1v) is 8.48. The standard InChI is InChI=1S/C20H20N2O3/c23-19(12-21-17-10-8-13-4-1-2-5-14(13)17)16-6-3-7-18-15(16)9-11-20(24)22(18)25/h1-7,9,11,17,19,21,23,25H,8,10,12H2/t17-,19+/m1/s1. The molecule has 0 fully saturated rings. The normalized spacial score (nSPS) is 17.6. The number of hydrogen-bond donors (Lipinski definition) is 3. The van der Waals surface area contributed by atoms with E-state index in [1.54, 1.807) is 18.2 Å². The molecule has 1 heterocycles. The average Bonchev–Trinajstić information content (AvgIpc) is 3.05. The number of hydrogen-bond acceptors (Lipinski definition) is 4. The van der Waals surface area contributed by atoms with Gasteiger partial charge in [-0.25, -0.2) is 0 Å². The zero-order valence-electron chi connectivity index (χ0n) is 13.7. The fourth-order valence-corrected chi connectivity index (χ4v) is 3.70. The van der Waals surface area contributed by atoms with Crippen LogP contribution in [-0.4, -0.2) is 21.6 Å². The minimum Gasteiger partial charge on any atom is -0.425 e. The number of aromatic nitrogens is 1. The van der Waals surface area contributed by atoms with Gasteiger partial charge in [-0.3, -0.25) is 4.79 Å². The third kappa shape index (κ3) is 2.81. The maximum atomic E-state index is 11.6. The molecule has 4 rings (SSSR count). The number of fused-ring (bicyclic) bond motifs is 2. The van der Waals surface area contributed by atoms with Crippen LogP contribution >= 0.6 is 0 Å². The summed E-state index contributed by atoms with van der Waals surface area (Å²) in [6, 6.07) is 16.8. The maximum absolute atomic E-state index is 11.6. The number of nitrogens with one attached hydrogen (secondary N) is 1. The molecular formula is C20H20N2O3. The van der Waals surface area contributed by atoms with E-state index in [0.29, 0.717) is 27.7 Å². The van der Waals surface area contributed by atoms with Gasteiger partial charge in [-0.2, -0.15) is 0 Å². The molecule has 3 N–H and O–H groups in total. The molecule has 1 aromatic heterocycles.